The maximum Gasteiger partial charge on any atom is 0.314 e. The summed E-state index contributed by atoms with van der Waals surface area (Å²) in [5, 5.41) is 11.0. The number of ether oxygens (including phenoxy) is 1. The summed E-state index contributed by atoms with van der Waals surface area (Å²) in [7, 11) is 0. The lowest BCUT2D eigenvalue weighted by Crippen LogP contribution is -2.00. The summed E-state index contributed by atoms with van der Waals surface area (Å²) >= 11 is 0. The molecule has 0 saturated heterocycles. The van der Waals surface area contributed by atoms with Gasteiger partial charge in [0.25, 0.3) is 5.88 Å². The molecule has 7 nitrogen and oxygen atoms in total. The minimum atomic E-state index is -0.503. The lowest BCUT2D eigenvalue weighted by atomic mass is 10.2. The number of para-hydroxylation sites is 1. The number of nitro benzene ring substituents is 1. The van der Waals surface area contributed by atoms with Crippen LogP contribution in [0.2, 0.25) is 0 Å². The van der Waals surface area contributed by atoms with Crippen LogP contribution >= 0.6 is 0 Å². The van der Waals surface area contributed by atoms with Gasteiger partial charge in [0.05, 0.1) is 4.92 Å². The highest BCUT2D eigenvalue weighted by Crippen LogP contribution is 2.34. The Hall–Kier alpha value is -2.70. The van der Waals surface area contributed by atoms with E-state index in [0.29, 0.717) is 5.56 Å². The van der Waals surface area contributed by atoms with Crippen molar-refractivity contribution in [2.75, 3.05) is 5.73 Å². The number of anilines is 1. The van der Waals surface area contributed by atoms with Crippen LogP contribution in [0.4, 0.5) is 11.5 Å². The number of nitrogens with two attached hydrogens (primary N) is 1. The molecule has 0 fully saturated rings. The Morgan fingerprint density at radius 2 is 2.06 bits per heavy atom. The van der Waals surface area contributed by atoms with Crippen LogP contribution in [0.1, 0.15) is 5.56 Å². The fourth-order valence-electron chi connectivity index (χ4n) is 1.47. The molecule has 0 aliphatic rings. The molecule has 0 saturated carbocycles. The van der Waals surface area contributed by atoms with Gasteiger partial charge in [0.15, 0.2) is 5.82 Å². The first kappa shape index (κ1) is 11.8. The van der Waals surface area contributed by atoms with Crippen molar-refractivity contribution in [1.29, 1.82) is 0 Å². The van der Waals surface area contributed by atoms with E-state index in [1.54, 1.807) is 19.1 Å². The van der Waals surface area contributed by atoms with E-state index in [2.05, 4.69) is 9.97 Å². The molecule has 0 unspecified atom stereocenters. The van der Waals surface area contributed by atoms with Crippen molar-refractivity contribution in [1.82, 2.24) is 9.97 Å². The van der Waals surface area contributed by atoms with Gasteiger partial charge in [-0.3, -0.25) is 10.1 Å². The number of hydrogen-bond donors (Lipinski definition) is 1. The Labute approximate surface area is 102 Å². The van der Waals surface area contributed by atoms with Crippen molar-refractivity contribution in [2.45, 2.75) is 6.92 Å². The Balaban J connectivity index is 2.44. The van der Waals surface area contributed by atoms with Gasteiger partial charge in [0.1, 0.15) is 0 Å². The van der Waals surface area contributed by atoms with Gasteiger partial charge in [-0.1, -0.05) is 12.1 Å². The predicted octanol–water partition coefficient (Wildman–Crippen LogP) is 2.07. The second kappa shape index (κ2) is 4.66. The van der Waals surface area contributed by atoms with Crippen LogP contribution in [0.15, 0.2) is 30.6 Å². The van der Waals surface area contributed by atoms with Crippen molar-refractivity contribution in [3.05, 3.63) is 46.3 Å². The first-order chi connectivity index (χ1) is 8.59. The third-order valence-electron chi connectivity index (χ3n) is 2.28. The van der Waals surface area contributed by atoms with Crippen LogP contribution in [0.3, 0.4) is 0 Å². The molecular formula is C11H10N4O3. The quantitative estimate of drug-likeness (QED) is 0.656. The van der Waals surface area contributed by atoms with E-state index in [1.165, 1.54) is 18.5 Å². The minimum absolute atomic E-state index is 0.0474. The molecule has 0 amide bonds. The molecule has 1 heterocycles. The third-order valence-corrected chi connectivity index (χ3v) is 2.28. The maximum atomic E-state index is 11.0. The van der Waals surface area contributed by atoms with Gasteiger partial charge in [-0.2, -0.15) is 0 Å². The normalized spacial score (nSPS) is 10.1. The Bertz CT molecular complexity index is 601. The highest BCUT2D eigenvalue weighted by Gasteiger charge is 2.19. The fraction of sp³-hybridized carbons (Fsp3) is 0.0909. The van der Waals surface area contributed by atoms with Gasteiger partial charge < -0.3 is 10.5 Å². The number of aryl methyl sites for hydroxylation is 1. The van der Waals surface area contributed by atoms with Crippen LogP contribution in [-0.2, 0) is 0 Å². The molecular weight excluding hydrogens is 236 g/mol. The molecule has 0 atom stereocenters. The topological polar surface area (TPSA) is 104 Å². The molecule has 2 N–H and O–H groups in total. The van der Waals surface area contributed by atoms with Gasteiger partial charge in [-0.05, 0) is 13.0 Å². The zero-order chi connectivity index (χ0) is 13.1. The monoisotopic (exact) mass is 246 g/mol. The number of aromatic nitrogens is 2. The van der Waals surface area contributed by atoms with Crippen LogP contribution in [0.5, 0.6) is 11.6 Å². The van der Waals surface area contributed by atoms with Crippen molar-refractivity contribution < 1.29 is 9.66 Å². The highest BCUT2D eigenvalue weighted by atomic mass is 16.6. The summed E-state index contributed by atoms with van der Waals surface area (Å²) in [5.41, 5.74) is 5.96. The Kier molecular flexibility index (Phi) is 3.05. The summed E-state index contributed by atoms with van der Waals surface area (Å²) in [6.45, 7) is 1.63. The molecule has 7 heteroatoms. The Morgan fingerprint density at radius 3 is 2.72 bits per heavy atom. The largest absolute Gasteiger partial charge is 0.429 e. The number of nitrogen functional groups attached to an aromatic ring is 1. The molecule has 0 radical (unpaired) electrons. The van der Waals surface area contributed by atoms with E-state index in [0.717, 1.165) is 0 Å². The lowest BCUT2D eigenvalue weighted by Gasteiger charge is -2.07. The summed E-state index contributed by atoms with van der Waals surface area (Å²) < 4.78 is 5.34. The van der Waals surface area contributed by atoms with Gasteiger partial charge in [-0.15, -0.1) is 0 Å². The molecule has 0 aliphatic carbocycles. The molecule has 2 aromatic rings. The van der Waals surface area contributed by atoms with E-state index in [-0.39, 0.29) is 23.1 Å². The molecule has 2 rings (SSSR count). The summed E-state index contributed by atoms with van der Waals surface area (Å²) in [6, 6.07) is 4.77. The average molecular weight is 246 g/mol. The zero-order valence-electron chi connectivity index (χ0n) is 9.53. The van der Waals surface area contributed by atoms with E-state index in [9.17, 15) is 10.1 Å². The summed E-state index contributed by atoms with van der Waals surface area (Å²) in [5.74, 6) is 0.215. The van der Waals surface area contributed by atoms with Gasteiger partial charge in [0, 0.05) is 18.0 Å². The molecule has 0 spiro atoms. The standard InChI is InChI=1S/C11H10N4O3/c1-7-3-2-4-8(9(7)15(16)17)18-11-10(12)13-5-6-14-11/h2-6H,1H3,(H2,12,13). The van der Waals surface area contributed by atoms with Crippen LogP contribution in [0.25, 0.3) is 0 Å². The average Bonchev–Trinajstić information content (AvgIpc) is 2.31. The molecule has 92 valence electrons. The fourth-order valence-corrected chi connectivity index (χ4v) is 1.47. The molecule has 1 aromatic carbocycles. The van der Waals surface area contributed by atoms with Gasteiger partial charge in [-0.25, -0.2) is 9.97 Å². The van der Waals surface area contributed by atoms with Crippen LogP contribution < -0.4 is 10.5 Å². The number of nitro groups is 1. The second-order valence-electron chi connectivity index (χ2n) is 3.53. The predicted molar refractivity (Wildman–Crippen MR) is 64.4 cm³/mol. The maximum absolute atomic E-state index is 11.0. The molecule has 18 heavy (non-hydrogen) atoms. The highest BCUT2D eigenvalue weighted by molar-refractivity contribution is 5.54. The second-order valence-corrected chi connectivity index (χ2v) is 3.53. The van der Waals surface area contributed by atoms with Gasteiger partial charge >= 0.3 is 5.69 Å². The number of nitrogens with zero attached hydrogens (tertiary/aromatic N) is 3. The first-order valence-corrected chi connectivity index (χ1v) is 5.08. The summed E-state index contributed by atoms with van der Waals surface area (Å²) in [6.07, 6.45) is 2.81. The SMILES string of the molecule is Cc1cccc(Oc2nccnc2N)c1[N+](=O)[O-]. The van der Waals surface area contributed by atoms with Gasteiger partial charge in [0.2, 0.25) is 5.75 Å². The molecule has 0 aliphatic heterocycles. The van der Waals surface area contributed by atoms with Crippen molar-refractivity contribution >= 4 is 11.5 Å². The van der Waals surface area contributed by atoms with E-state index in [1.807, 2.05) is 0 Å². The number of benzene rings is 1. The zero-order valence-corrected chi connectivity index (χ0v) is 9.53. The van der Waals surface area contributed by atoms with E-state index < -0.39 is 4.92 Å². The Morgan fingerprint density at radius 1 is 1.33 bits per heavy atom. The number of hydrogen-bond acceptors (Lipinski definition) is 6. The molecule has 1 aromatic heterocycles. The van der Waals surface area contributed by atoms with Crippen LogP contribution in [0, 0.1) is 17.0 Å². The smallest absolute Gasteiger partial charge is 0.314 e. The number of rotatable bonds is 3. The van der Waals surface area contributed by atoms with Crippen molar-refractivity contribution in [3.63, 3.8) is 0 Å². The minimum Gasteiger partial charge on any atom is -0.429 e. The third kappa shape index (κ3) is 2.19. The van der Waals surface area contributed by atoms with E-state index in [4.69, 9.17) is 10.5 Å². The van der Waals surface area contributed by atoms with Crippen molar-refractivity contribution in [2.24, 2.45) is 0 Å². The summed E-state index contributed by atoms with van der Waals surface area (Å²) in [4.78, 5) is 18.1. The lowest BCUT2D eigenvalue weighted by molar-refractivity contribution is -0.386. The van der Waals surface area contributed by atoms with Crippen molar-refractivity contribution in [3.8, 4) is 11.6 Å². The van der Waals surface area contributed by atoms with Crippen LogP contribution in [-0.4, -0.2) is 14.9 Å². The van der Waals surface area contributed by atoms with E-state index >= 15 is 0 Å². The molecule has 0 bridgehead atoms. The first-order valence-electron chi connectivity index (χ1n) is 5.08.